The molecule has 1 saturated heterocycles. The van der Waals surface area contributed by atoms with Crippen molar-refractivity contribution in [1.82, 2.24) is 15.5 Å². The summed E-state index contributed by atoms with van der Waals surface area (Å²) < 4.78 is 0. The number of fused-ring (bicyclic) bond motifs is 1. The molecule has 5 nitrogen and oxygen atoms in total. The van der Waals surface area contributed by atoms with Crippen LogP contribution in [0.1, 0.15) is 39.5 Å². The van der Waals surface area contributed by atoms with E-state index in [0.29, 0.717) is 12.0 Å². The number of carbonyl (C=O) groups is 2. The Bertz CT molecular complexity index is 370. The first kappa shape index (κ1) is 15.3. The molecule has 2 rings (SSSR count). The number of likely N-dealkylation sites (N-methyl/N-ethyl adjacent to an activating group) is 1. The van der Waals surface area contributed by atoms with E-state index in [1.54, 1.807) is 7.05 Å². The highest BCUT2D eigenvalue weighted by Gasteiger charge is 2.42. The summed E-state index contributed by atoms with van der Waals surface area (Å²) in [6, 6.07) is 0.0279. The van der Waals surface area contributed by atoms with E-state index in [9.17, 15) is 9.59 Å². The van der Waals surface area contributed by atoms with Crippen molar-refractivity contribution in [3.05, 3.63) is 0 Å². The molecular formula is C15H27N3O2. The Morgan fingerprint density at radius 3 is 2.65 bits per heavy atom. The fourth-order valence-corrected chi connectivity index (χ4v) is 3.59. The fraction of sp³-hybridized carbons (Fsp3) is 0.867. The van der Waals surface area contributed by atoms with Gasteiger partial charge in [-0.3, -0.25) is 9.59 Å². The molecule has 2 fully saturated rings. The van der Waals surface area contributed by atoms with Crippen molar-refractivity contribution in [3.8, 4) is 0 Å². The predicted molar refractivity (Wildman–Crippen MR) is 78.2 cm³/mol. The molecule has 1 aliphatic heterocycles. The zero-order valence-corrected chi connectivity index (χ0v) is 12.8. The van der Waals surface area contributed by atoms with Crippen molar-refractivity contribution in [2.24, 2.45) is 11.8 Å². The molecule has 1 saturated carbocycles. The second kappa shape index (κ2) is 6.57. The summed E-state index contributed by atoms with van der Waals surface area (Å²) in [5.41, 5.74) is 0. The van der Waals surface area contributed by atoms with Crippen LogP contribution in [0.25, 0.3) is 0 Å². The highest BCUT2D eigenvalue weighted by atomic mass is 16.2. The third kappa shape index (κ3) is 3.14. The van der Waals surface area contributed by atoms with Gasteiger partial charge in [0.2, 0.25) is 11.8 Å². The highest BCUT2D eigenvalue weighted by molar-refractivity contribution is 5.89. The normalized spacial score (nSPS) is 26.7. The van der Waals surface area contributed by atoms with E-state index in [2.05, 4.69) is 10.6 Å². The Labute approximate surface area is 121 Å². The van der Waals surface area contributed by atoms with E-state index >= 15 is 0 Å². The average Bonchev–Trinajstić information content (AvgIpc) is 2.97. The molecule has 2 amide bonds. The zero-order chi connectivity index (χ0) is 14.7. The maximum atomic E-state index is 12.8. The lowest BCUT2D eigenvalue weighted by Gasteiger charge is -2.30. The Kier molecular flexibility index (Phi) is 5.02. The minimum absolute atomic E-state index is 0.110. The van der Waals surface area contributed by atoms with Crippen molar-refractivity contribution in [1.29, 1.82) is 0 Å². The Hall–Kier alpha value is -1.10. The quantitative estimate of drug-likeness (QED) is 0.781. The van der Waals surface area contributed by atoms with Gasteiger partial charge >= 0.3 is 0 Å². The van der Waals surface area contributed by atoms with Gasteiger partial charge in [-0.2, -0.15) is 0 Å². The molecule has 0 radical (unpaired) electrons. The highest BCUT2D eigenvalue weighted by Crippen LogP contribution is 2.38. The van der Waals surface area contributed by atoms with Crippen LogP contribution < -0.4 is 10.6 Å². The molecule has 0 aromatic rings. The predicted octanol–water partition coefficient (Wildman–Crippen LogP) is 0.748. The molecule has 1 heterocycles. The summed E-state index contributed by atoms with van der Waals surface area (Å²) in [7, 11) is 1.73. The molecule has 2 aliphatic rings. The van der Waals surface area contributed by atoms with E-state index in [0.717, 1.165) is 19.4 Å². The standard InChI is InChI=1S/C15H27N3O2/c1-10(2)14(17-13(19)9-16-3)15(20)18-8-7-11-5-4-6-12(11)18/h10-12,14,16H,4-9H2,1-3H3,(H,17,19)/t11-,12-,14?/m1/s1. The van der Waals surface area contributed by atoms with E-state index in [4.69, 9.17) is 0 Å². The van der Waals surface area contributed by atoms with E-state index in [1.807, 2.05) is 18.7 Å². The van der Waals surface area contributed by atoms with Gasteiger partial charge in [-0.1, -0.05) is 20.3 Å². The van der Waals surface area contributed by atoms with Crippen LogP contribution >= 0.6 is 0 Å². The van der Waals surface area contributed by atoms with Gasteiger partial charge in [-0.25, -0.2) is 0 Å². The molecule has 1 unspecified atom stereocenters. The number of carbonyl (C=O) groups excluding carboxylic acids is 2. The molecule has 3 atom stereocenters. The molecule has 5 heteroatoms. The smallest absolute Gasteiger partial charge is 0.245 e. The van der Waals surface area contributed by atoms with Crippen LogP contribution in [0, 0.1) is 11.8 Å². The lowest BCUT2D eigenvalue weighted by atomic mass is 10.0. The van der Waals surface area contributed by atoms with Crippen molar-refractivity contribution in [2.45, 2.75) is 51.6 Å². The minimum atomic E-state index is -0.393. The van der Waals surface area contributed by atoms with Crippen LogP contribution in [0.5, 0.6) is 0 Å². The van der Waals surface area contributed by atoms with Crippen LogP contribution in [0.4, 0.5) is 0 Å². The monoisotopic (exact) mass is 281 g/mol. The minimum Gasteiger partial charge on any atom is -0.343 e. The van der Waals surface area contributed by atoms with E-state index < -0.39 is 6.04 Å². The molecular weight excluding hydrogens is 254 g/mol. The third-order valence-corrected chi connectivity index (χ3v) is 4.63. The maximum absolute atomic E-state index is 12.8. The zero-order valence-electron chi connectivity index (χ0n) is 12.8. The summed E-state index contributed by atoms with van der Waals surface area (Å²) in [5, 5.41) is 5.70. The SMILES string of the molecule is CNCC(=O)NC(C(=O)N1CC[C@H]2CCC[C@H]21)C(C)C. The van der Waals surface area contributed by atoms with Crippen molar-refractivity contribution in [3.63, 3.8) is 0 Å². The first-order chi connectivity index (χ1) is 9.54. The van der Waals surface area contributed by atoms with Gasteiger partial charge in [0.1, 0.15) is 6.04 Å². The lowest BCUT2D eigenvalue weighted by Crippen LogP contribution is -2.53. The summed E-state index contributed by atoms with van der Waals surface area (Å²) >= 11 is 0. The van der Waals surface area contributed by atoms with Gasteiger partial charge in [0.05, 0.1) is 6.54 Å². The fourth-order valence-electron chi connectivity index (χ4n) is 3.59. The van der Waals surface area contributed by atoms with Crippen LogP contribution in [0.3, 0.4) is 0 Å². The van der Waals surface area contributed by atoms with E-state index in [-0.39, 0.29) is 24.3 Å². The molecule has 0 spiro atoms. The molecule has 20 heavy (non-hydrogen) atoms. The van der Waals surface area contributed by atoms with Crippen molar-refractivity contribution < 1.29 is 9.59 Å². The molecule has 114 valence electrons. The first-order valence-corrected chi connectivity index (χ1v) is 7.79. The van der Waals surface area contributed by atoms with Gasteiger partial charge in [-0.05, 0) is 38.1 Å². The van der Waals surface area contributed by atoms with Crippen LogP contribution in [-0.4, -0.2) is 48.9 Å². The summed E-state index contributed by atoms with van der Waals surface area (Å²) in [6.45, 7) is 5.09. The second-order valence-electron chi connectivity index (χ2n) is 6.40. The Morgan fingerprint density at radius 1 is 1.25 bits per heavy atom. The van der Waals surface area contributed by atoms with Gasteiger partial charge in [0, 0.05) is 12.6 Å². The molecule has 0 aromatic carbocycles. The number of amides is 2. The van der Waals surface area contributed by atoms with Crippen LogP contribution in [-0.2, 0) is 9.59 Å². The number of hydrogen-bond acceptors (Lipinski definition) is 3. The maximum Gasteiger partial charge on any atom is 0.245 e. The summed E-state index contributed by atoms with van der Waals surface area (Å²) in [4.78, 5) is 26.6. The second-order valence-corrected chi connectivity index (χ2v) is 6.40. The number of likely N-dealkylation sites (tertiary alicyclic amines) is 1. The van der Waals surface area contributed by atoms with Crippen LogP contribution in [0.2, 0.25) is 0 Å². The largest absolute Gasteiger partial charge is 0.343 e. The van der Waals surface area contributed by atoms with E-state index in [1.165, 1.54) is 12.8 Å². The third-order valence-electron chi connectivity index (χ3n) is 4.63. The summed E-state index contributed by atoms with van der Waals surface area (Å²) in [5.74, 6) is 0.809. The number of rotatable bonds is 5. The van der Waals surface area contributed by atoms with Crippen molar-refractivity contribution >= 4 is 11.8 Å². The van der Waals surface area contributed by atoms with Crippen LogP contribution in [0.15, 0.2) is 0 Å². The van der Waals surface area contributed by atoms with Crippen molar-refractivity contribution in [2.75, 3.05) is 20.1 Å². The molecule has 2 N–H and O–H groups in total. The Morgan fingerprint density at radius 2 is 2.00 bits per heavy atom. The molecule has 0 bridgehead atoms. The number of nitrogens with one attached hydrogen (secondary N) is 2. The lowest BCUT2D eigenvalue weighted by molar-refractivity contribution is -0.138. The molecule has 1 aliphatic carbocycles. The topological polar surface area (TPSA) is 61.4 Å². The van der Waals surface area contributed by atoms with Gasteiger partial charge in [-0.15, -0.1) is 0 Å². The first-order valence-electron chi connectivity index (χ1n) is 7.79. The van der Waals surface area contributed by atoms with Gasteiger partial charge in [0.25, 0.3) is 0 Å². The van der Waals surface area contributed by atoms with Gasteiger partial charge < -0.3 is 15.5 Å². The summed E-state index contributed by atoms with van der Waals surface area (Å²) in [6.07, 6.45) is 4.75. The number of hydrogen-bond donors (Lipinski definition) is 2. The Balaban J connectivity index is 2.01. The average molecular weight is 281 g/mol. The molecule has 0 aromatic heterocycles. The number of nitrogens with zero attached hydrogens (tertiary/aromatic N) is 1. The van der Waals surface area contributed by atoms with Gasteiger partial charge in [0.15, 0.2) is 0 Å².